The van der Waals surface area contributed by atoms with Gasteiger partial charge in [0.05, 0.1) is 45.2 Å². The van der Waals surface area contributed by atoms with Crippen LogP contribution in [0.2, 0.25) is 0 Å². The summed E-state index contributed by atoms with van der Waals surface area (Å²) in [5.41, 5.74) is 4.49. The van der Waals surface area contributed by atoms with Gasteiger partial charge in [-0.3, -0.25) is 19.6 Å². The molecule has 12 nitrogen and oxygen atoms in total. The van der Waals surface area contributed by atoms with Crippen molar-refractivity contribution < 1.29 is 9.59 Å². The first kappa shape index (κ1) is 26.1. The Hall–Kier alpha value is -5.78. The summed E-state index contributed by atoms with van der Waals surface area (Å²) in [6.07, 6.45) is 5.75. The van der Waals surface area contributed by atoms with Gasteiger partial charge in [-0.1, -0.05) is 24.3 Å². The van der Waals surface area contributed by atoms with Gasteiger partial charge in [-0.15, -0.1) is 0 Å². The normalized spacial score (nSPS) is 12.8. The molecule has 4 N–H and O–H groups in total. The van der Waals surface area contributed by atoms with Crippen LogP contribution in [0.15, 0.2) is 83.9 Å². The number of para-hydroxylation sites is 1. The van der Waals surface area contributed by atoms with Gasteiger partial charge in [0.1, 0.15) is 5.82 Å². The lowest BCUT2D eigenvalue weighted by atomic mass is 10.1. The van der Waals surface area contributed by atoms with Crippen LogP contribution in [-0.4, -0.2) is 59.9 Å². The predicted molar refractivity (Wildman–Crippen MR) is 163 cm³/mol. The number of carbonyl (C=O) groups excluding carboxylic acids is 2. The number of fused-ring (bicyclic) bond motifs is 3. The van der Waals surface area contributed by atoms with Gasteiger partial charge in [0.25, 0.3) is 11.8 Å². The summed E-state index contributed by atoms with van der Waals surface area (Å²) in [4.78, 5) is 55.6. The van der Waals surface area contributed by atoms with Crippen molar-refractivity contribution in [2.75, 3.05) is 23.3 Å². The monoisotopic (exact) mass is 573 g/mol. The van der Waals surface area contributed by atoms with Crippen LogP contribution in [0.1, 0.15) is 40.0 Å². The Bertz CT molecular complexity index is 2010. The van der Waals surface area contributed by atoms with Crippen LogP contribution < -0.4 is 15.9 Å². The SMILES string of the molecule is O=C1c2ccccc2C(=O)N1CCCCCN(c1ccnc(Nc2cccc3[nH]c(=O)[nH]c23)n1)c1cccc2[nH]ncc12. The van der Waals surface area contributed by atoms with E-state index in [9.17, 15) is 14.4 Å². The molecule has 0 aliphatic carbocycles. The number of benzene rings is 3. The number of imidazole rings is 1. The van der Waals surface area contributed by atoms with E-state index in [4.69, 9.17) is 4.98 Å². The number of nitrogens with zero attached hydrogens (tertiary/aromatic N) is 5. The predicted octanol–water partition coefficient (Wildman–Crippen LogP) is 4.87. The molecule has 1 aliphatic heterocycles. The second-order valence-electron chi connectivity index (χ2n) is 10.3. The minimum atomic E-state index is -0.290. The van der Waals surface area contributed by atoms with Crippen molar-refractivity contribution in [3.05, 3.63) is 101 Å². The van der Waals surface area contributed by atoms with E-state index in [-0.39, 0.29) is 17.5 Å². The smallest absolute Gasteiger partial charge is 0.323 e. The molecule has 0 fully saturated rings. The van der Waals surface area contributed by atoms with E-state index in [2.05, 4.69) is 35.4 Å². The van der Waals surface area contributed by atoms with Crippen molar-refractivity contribution in [2.45, 2.75) is 19.3 Å². The van der Waals surface area contributed by atoms with Crippen molar-refractivity contribution >= 4 is 56.9 Å². The Morgan fingerprint density at radius 2 is 1.60 bits per heavy atom. The molecule has 6 aromatic rings. The second kappa shape index (κ2) is 10.9. The third kappa shape index (κ3) is 4.88. The van der Waals surface area contributed by atoms with Crippen LogP contribution >= 0.6 is 0 Å². The molecule has 4 heterocycles. The molecule has 0 atom stereocenters. The lowest BCUT2D eigenvalue weighted by Crippen LogP contribution is -2.30. The second-order valence-corrected chi connectivity index (χ2v) is 10.3. The number of nitrogens with one attached hydrogen (secondary N) is 4. The van der Waals surface area contributed by atoms with Crippen LogP contribution in [0.4, 0.5) is 23.1 Å². The molecular weight excluding hydrogens is 546 g/mol. The summed E-state index contributed by atoms with van der Waals surface area (Å²) >= 11 is 0. The molecule has 3 aromatic carbocycles. The van der Waals surface area contributed by atoms with Gasteiger partial charge in [-0.2, -0.15) is 10.1 Å². The molecule has 0 spiro atoms. The maximum absolute atomic E-state index is 12.7. The van der Waals surface area contributed by atoms with Gasteiger partial charge in [0, 0.05) is 24.7 Å². The Morgan fingerprint density at radius 3 is 2.44 bits per heavy atom. The van der Waals surface area contributed by atoms with E-state index in [0.29, 0.717) is 59.1 Å². The highest BCUT2D eigenvalue weighted by Gasteiger charge is 2.34. The zero-order valence-corrected chi connectivity index (χ0v) is 23.0. The summed E-state index contributed by atoms with van der Waals surface area (Å²) in [5.74, 6) is 0.604. The summed E-state index contributed by atoms with van der Waals surface area (Å²) in [7, 11) is 0. The number of unbranched alkanes of at least 4 members (excludes halogenated alkanes) is 2. The molecule has 0 bridgehead atoms. The topological polar surface area (TPSA) is 156 Å². The molecular formula is C31H27N9O3. The van der Waals surface area contributed by atoms with Crippen LogP contribution in [-0.2, 0) is 0 Å². The van der Waals surface area contributed by atoms with Gasteiger partial charge in [0.2, 0.25) is 5.95 Å². The number of aromatic nitrogens is 6. The maximum atomic E-state index is 12.7. The van der Waals surface area contributed by atoms with E-state index in [1.165, 1.54) is 4.90 Å². The van der Waals surface area contributed by atoms with Gasteiger partial charge in [0.15, 0.2) is 0 Å². The van der Waals surface area contributed by atoms with E-state index in [0.717, 1.165) is 29.4 Å². The van der Waals surface area contributed by atoms with Crippen molar-refractivity contribution in [3.8, 4) is 0 Å². The third-order valence-electron chi connectivity index (χ3n) is 7.61. The first-order valence-electron chi connectivity index (χ1n) is 14.0. The number of carbonyl (C=O) groups is 2. The zero-order chi connectivity index (χ0) is 29.3. The number of H-pyrrole nitrogens is 3. The number of imide groups is 1. The van der Waals surface area contributed by atoms with Gasteiger partial charge >= 0.3 is 5.69 Å². The van der Waals surface area contributed by atoms with E-state index in [1.807, 2.05) is 42.5 Å². The molecule has 12 heteroatoms. The largest absolute Gasteiger partial charge is 0.326 e. The number of amides is 2. The molecule has 214 valence electrons. The van der Waals surface area contributed by atoms with Gasteiger partial charge in [-0.25, -0.2) is 9.78 Å². The molecule has 0 saturated carbocycles. The third-order valence-corrected chi connectivity index (χ3v) is 7.61. The maximum Gasteiger partial charge on any atom is 0.323 e. The lowest BCUT2D eigenvalue weighted by Gasteiger charge is -2.25. The highest BCUT2D eigenvalue weighted by atomic mass is 16.2. The molecule has 7 rings (SSSR count). The Kier molecular flexibility index (Phi) is 6.62. The molecule has 0 saturated heterocycles. The molecule has 2 amide bonds. The fraction of sp³-hybridized carbons (Fsp3) is 0.161. The first-order chi connectivity index (χ1) is 21.1. The number of rotatable bonds is 10. The highest BCUT2D eigenvalue weighted by Crippen LogP contribution is 2.32. The van der Waals surface area contributed by atoms with Crippen LogP contribution in [0.3, 0.4) is 0 Å². The van der Waals surface area contributed by atoms with Crippen molar-refractivity contribution in [1.29, 1.82) is 0 Å². The first-order valence-corrected chi connectivity index (χ1v) is 14.0. The van der Waals surface area contributed by atoms with Crippen LogP contribution in [0.25, 0.3) is 21.9 Å². The van der Waals surface area contributed by atoms with E-state index < -0.39 is 0 Å². The van der Waals surface area contributed by atoms with E-state index in [1.54, 1.807) is 36.7 Å². The standard InChI is InChI=1S/C31H27N9O3/c41-28-19-8-2-3-9-20(19)29(42)40(28)17-5-1-4-16-39(25-13-7-10-22-21(25)18-33-38-22)26-14-15-32-30(36-26)34-23-11-6-12-24-27(23)37-31(43)35-24/h2-3,6-15,18H,1,4-5,16-17H2,(H,33,38)(H,32,34,36)(H2,35,37,43). The van der Waals surface area contributed by atoms with Crippen LogP contribution in [0.5, 0.6) is 0 Å². The summed E-state index contributed by atoms with van der Waals surface area (Å²) < 4.78 is 0. The Morgan fingerprint density at radius 1 is 0.814 bits per heavy atom. The Balaban J connectivity index is 1.10. The summed E-state index contributed by atoms with van der Waals surface area (Å²) in [6, 6.07) is 20.3. The minimum Gasteiger partial charge on any atom is -0.326 e. The van der Waals surface area contributed by atoms with Crippen molar-refractivity contribution in [1.82, 2.24) is 35.0 Å². The number of hydrogen-bond donors (Lipinski definition) is 4. The fourth-order valence-electron chi connectivity index (χ4n) is 5.55. The van der Waals surface area contributed by atoms with Gasteiger partial charge < -0.3 is 20.2 Å². The molecule has 1 aliphatic rings. The minimum absolute atomic E-state index is 0.228. The average molecular weight is 574 g/mol. The number of anilines is 4. The zero-order valence-electron chi connectivity index (χ0n) is 23.0. The average Bonchev–Trinajstić information content (AvgIpc) is 3.72. The molecule has 0 radical (unpaired) electrons. The van der Waals surface area contributed by atoms with E-state index >= 15 is 0 Å². The summed E-state index contributed by atoms with van der Waals surface area (Å²) in [6.45, 7) is 1.00. The van der Waals surface area contributed by atoms with Crippen LogP contribution in [0, 0.1) is 0 Å². The molecule has 0 unspecified atom stereocenters. The number of aromatic amines is 3. The summed E-state index contributed by atoms with van der Waals surface area (Å²) in [5, 5.41) is 11.4. The molecule has 3 aromatic heterocycles. The van der Waals surface area contributed by atoms with Crippen molar-refractivity contribution in [2.24, 2.45) is 0 Å². The van der Waals surface area contributed by atoms with Gasteiger partial charge in [-0.05, 0) is 61.7 Å². The highest BCUT2D eigenvalue weighted by molar-refractivity contribution is 6.21. The number of hydrogen-bond acceptors (Lipinski definition) is 8. The fourth-order valence-corrected chi connectivity index (χ4v) is 5.55. The Labute approximate surface area is 244 Å². The lowest BCUT2D eigenvalue weighted by molar-refractivity contribution is 0.0651. The van der Waals surface area contributed by atoms with Crippen molar-refractivity contribution in [3.63, 3.8) is 0 Å². The quantitative estimate of drug-likeness (QED) is 0.134. The molecule has 43 heavy (non-hydrogen) atoms.